The maximum absolute atomic E-state index is 10.3. The second-order valence-electron chi connectivity index (χ2n) is 3.87. The lowest BCUT2D eigenvalue weighted by atomic mass is 9.92. The quantitative estimate of drug-likeness (QED) is 0.780. The van der Waals surface area contributed by atoms with E-state index in [0.717, 1.165) is 31.2 Å². The fraction of sp³-hybridized carbons (Fsp3) is 0.455. The summed E-state index contributed by atoms with van der Waals surface area (Å²) in [5.41, 5.74) is 0.221. The zero-order chi connectivity index (χ0) is 10.2. The summed E-state index contributed by atoms with van der Waals surface area (Å²) < 4.78 is 0. The van der Waals surface area contributed by atoms with E-state index < -0.39 is 5.60 Å². The van der Waals surface area contributed by atoms with Gasteiger partial charge in [0.15, 0.2) is 0 Å². The Morgan fingerprint density at radius 3 is 2.29 bits per heavy atom. The largest absolute Gasteiger partial charge is 0.385 e. The van der Waals surface area contributed by atoms with Gasteiger partial charge in [-0.3, -0.25) is 0 Å². The third-order valence-corrected chi connectivity index (χ3v) is 3.63. The second-order valence-corrected chi connectivity index (χ2v) is 4.68. The Kier molecular flexibility index (Phi) is 2.74. The highest BCUT2D eigenvalue weighted by molar-refractivity contribution is 6.42. The van der Waals surface area contributed by atoms with Crippen LogP contribution in [0.4, 0.5) is 0 Å². The van der Waals surface area contributed by atoms with E-state index in [0.29, 0.717) is 10.0 Å². The maximum atomic E-state index is 10.3. The summed E-state index contributed by atoms with van der Waals surface area (Å²) in [7, 11) is 0. The SMILES string of the molecule is OC1(c2ccc(Cl)c(Cl)c2)CCCC1. The predicted molar refractivity (Wildman–Crippen MR) is 58.8 cm³/mol. The van der Waals surface area contributed by atoms with Gasteiger partial charge in [-0.15, -0.1) is 0 Å². The van der Waals surface area contributed by atoms with Crippen LogP contribution in [0.3, 0.4) is 0 Å². The third kappa shape index (κ3) is 1.77. The zero-order valence-electron chi connectivity index (χ0n) is 7.76. The summed E-state index contributed by atoms with van der Waals surface area (Å²) in [6.07, 6.45) is 3.81. The minimum Gasteiger partial charge on any atom is -0.385 e. The van der Waals surface area contributed by atoms with Gasteiger partial charge in [0.1, 0.15) is 0 Å². The molecule has 0 atom stereocenters. The van der Waals surface area contributed by atoms with Crippen LogP contribution in [-0.2, 0) is 5.60 Å². The molecule has 1 aliphatic carbocycles. The number of aliphatic hydroxyl groups is 1. The molecule has 0 spiro atoms. The molecule has 0 radical (unpaired) electrons. The van der Waals surface area contributed by atoms with E-state index in [2.05, 4.69) is 0 Å². The normalized spacial score (nSPS) is 19.9. The summed E-state index contributed by atoms with van der Waals surface area (Å²) >= 11 is 11.7. The lowest BCUT2D eigenvalue weighted by molar-refractivity contribution is 0.0445. The number of hydrogen-bond donors (Lipinski definition) is 1. The van der Waals surface area contributed by atoms with Crippen LogP contribution >= 0.6 is 23.2 Å². The Morgan fingerprint density at radius 1 is 1.07 bits per heavy atom. The van der Waals surface area contributed by atoms with E-state index in [1.807, 2.05) is 6.07 Å². The summed E-state index contributed by atoms with van der Waals surface area (Å²) in [6.45, 7) is 0. The minimum absolute atomic E-state index is 0.518. The monoisotopic (exact) mass is 230 g/mol. The Hall–Kier alpha value is -0.240. The summed E-state index contributed by atoms with van der Waals surface area (Å²) in [5.74, 6) is 0. The molecular weight excluding hydrogens is 219 g/mol. The Morgan fingerprint density at radius 2 is 1.71 bits per heavy atom. The Labute approximate surface area is 93.7 Å². The molecule has 0 bridgehead atoms. The molecule has 0 saturated heterocycles. The first-order valence-corrected chi connectivity index (χ1v) is 5.55. The molecular formula is C11H12Cl2O. The van der Waals surface area contributed by atoms with E-state index >= 15 is 0 Å². The van der Waals surface area contributed by atoms with E-state index in [1.165, 1.54) is 0 Å². The fourth-order valence-electron chi connectivity index (χ4n) is 2.03. The van der Waals surface area contributed by atoms with Gasteiger partial charge < -0.3 is 5.11 Å². The van der Waals surface area contributed by atoms with Crippen molar-refractivity contribution in [2.45, 2.75) is 31.3 Å². The molecule has 0 amide bonds. The van der Waals surface area contributed by atoms with Gasteiger partial charge in [-0.1, -0.05) is 42.1 Å². The molecule has 0 unspecified atom stereocenters. The van der Waals surface area contributed by atoms with Gasteiger partial charge in [0.25, 0.3) is 0 Å². The molecule has 1 aliphatic rings. The summed E-state index contributed by atoms with van der Waals surface area (Å²) in [4.78, 5) is 0. The highest BCUT2D eigenvalue weighted by Crippen LogP contribution is 2.40. The van der Waals surface area contributed by atoms with Crippen molar-refractivity contribution in [1.29, 1.82) is 0 Å². The molecule has 1 aromatic carbocycles. The van der Waals surface area contributed by atoms with Crippen molar-refractivity contribution >= 4 is 23.2 Å². The van der Waals surface area contributed by atoms with E-state index in [4.69, 9.17) is 23.2 Å². The first-order chi connectivity index (χ1) is 6.62. The van der Waals surface area contributed by atoms with Gasteiger partial charge in [0, 0.05) is 0 Å². The van der Waals surface area contributed by atoms with Gasteiger partial charge in [-0.05, 0) is 30.5 Å². The van der Waals surface area contributed by atoms with Crippen molar-refractivity contribution in [2.24, 2.45) is 0 Å². The predicted octanol–water partition coefficient (Wildman–Crippen LogP) is 3.76. The highest BCUT2D eigenvalue weighted by atomic mass is 35.5. The van der Waals surface area contributed by atoms with Crippen LogP contribution in [0.15, 0.2) is 18.2 Å². The van der Waals surface area contributed by atoms with Crippen molar-refractivity contribution in [2.75, 3.05) is 0 Å². The molecule has 0 aromatic heterocycles. The third-order valence-electron chi connectivity index (χ3n) is 2.89. The van der Waals surface area contributed by atoms with Crippen LogP contribution in [0.2, 0.25) is 10.0 Å². The summed E-state index contributed by atoms with van der Waals surface area (Å²) in [6, 6.07) is 5.38. The zero-order valence-corrected chi connectivity index (χ0v) is 9.28. The number of rotatable bonds is 1. The van der Waals surface area contributed by atoms with Gasteiger partial charge >= 0.3 is 0 Å². The van der Waals surface area contributed by atoms with Crippen molar-refractivity contribution < 1.29 is 5.11 Å². The lowest BCUT2D eigenvalue weighted by Crippen LogP contribution is -2.20. The molecule has 0 heterocycles. The molecule has 0 aliphatic heterocycles. The molecule has 76 valence electrons. The Bertz CT molecular complexity index is 343. The van der Waals surface area contributed by atoms with Crippen molar-refractivity contribution in [3.05, 3.63) is 33.8 Å². The maximum Gasteiger partial charge on any atom is 0.0897 e. The number of halogens is 2. The van der Waals surface area contributed by atoms with Gasteiger partial charge in [0.2, 0.25) is 0 Å². The van der Waals surface area contributed by atoms with Crippen molar-refractivity contribution in [3.63, 3.8) is 0 Å². The second kappa shape index (κ2) is 3.73. The first kappa shape index (κ1) is 10.3. The molecule has 1 fully saturated rings. The number of hydrogen-bond acceptors (Lipinski definition) is 1. The van der Waals surface area contributed by atoms with Crippen LogP contribution in [0, 0.1) is 0 Å². The Balaban J connectivity index is 2.36. The molecule has 1 saturated carbocycles. The van der Waals surface area contributed by atoms with Crippen LogP contribution in [0.25, 0.3) is 0 Å². The van der Waals surface area contributed by atoms with E-state index in [9.17, 15) is 5.11 Å². The fourth-order valence-corrected chi connectivity index (χ4v) is 2.33. The van der Waals surface area contributed by atoms with Gasteiger partial charge in [0.05, 0.1) is 15.6 Å². The first-order valence-electron chi connectivity index (χ1n) is 4.80. The molecule has 14 heavy (non-hydrogen) atoms. The lowest BCUT2D eigenvalue weighted by Gasteiger charge is -2.22. The van der Waals surface area contributed by atoms with Crippen LogP contribution in [-0.4, -0.2) is 5.11 Å². The van der Waals surface area contributed by atoms with Gasteiger partial charge in [-0.25, -0.2) is 0 Å². The highest BCUT2D eigenvalue weighted by Gasteiger charge is 2.33. The van der Waals surface area contributed by atoms with Crippen molar-refractivity contribution in [3.8, 4) is 0 Å². The van der Waals surface area contributed by atoms with Crippen LogP contribution in [0.1, 0.15) is 31.2 Å². The summed E-state index contributed by atoms with van der Waals surface area (Å²) in [5, 5.41) is 11.3. The molecule has 2 rings (SSSR count). The average molecular weight is 231 g/mol. The standard InChI is InChI=1S/C11H12Cl2O/c12-9-4-3-8(7-10(9)13)11(14)5-1-2-6-11/h3-4,7,14H,1-2,5-6H2. The van der Waals surface area contributed by atoms with Crippen molar-refractivity contribution in [1.82, 2.24) is 0 Å². The van der Waals surface area contributed by atoms with E-state index in [-0.39, 0.29) is 0 Å². The number of benzene rings is 1. The van der Waals surface area contributed by atoms with Crippen LogP contribution in [0.5, 0.6) is 0 Å². The van der Waals surface area contributed by atoms with E-state index in [1.54, 1.807) is 12.1 Å². The molecule has 1 N–H and O–H groups in total. The van der Waals surface area contributed by atoms with Gasteiger partial charge in [-0.2, -0.15) is 0 Å². The minimum atomic E-state index is -0.672. The molecule has 1 nitrogen and oxygen atoms in total. The average Bonchev–Trinajstić information content (AvgIpc) is 2.58. The smallest absolute Gasteiger partial charge is 0.0897 e. The molecule has 3 heteroatoms. The van der Waals surface area contributed by atoms with Crippen LogP contribution < -0.4 is 0 Å². The molecule has 1 aromatic rings. The topological polar surface area (TPSA) is 20.2 Å².